The maximum absolute atomic E-state index is 2.20. The van der Waals surface area contributed by atoms with E-state index in [4.69, 9.17) is 0 Å². The summed E-state index contributed by atoms with van der Waals surface area (Å²) in [7, 11) is 0. The van der Waals surface area contributed by atoms with E-state index in [1.54, 1.807) is 0 Å². The van der Waals surface area contributed by atoms with Gasteiger partial charge >= 0.3 is 0 Å². The lowest BCUT2D eigenvalue weighted by molar-refractivity contribution is 1.27. The van der Waals surface area contributed by atoms with Gasteiger partial charge < -0.3 is 0 Å². The molecule has 270 valence electrons. The summed E-state index contributed by atoms with van der Waals surface area (Å²) >= 11 is 0. The Bertz CT molecular complexity index is 1740. The SMILES string of the molecule is Cc1cc(C)cc(C)c1.Cc1ccc(C)c(C)c1.Cc1ccc(C)cc1.Cc1cccc(C)c1.Cc1cccc(C)c1C.Cc1ccccc1C. The average Bonchev–Trinajstić information content (AvgIpc) is 3.05. The van der Waals surface area contributed by atoms with Crippen molar-refractivity contribution in [3.63, 3.8) is 0 Å². The van der Waals surface area contributed by atoms with Gasteiger partial charge in [0.25, 0.3) is 0 Å². The molecule has 0 bridgehead atoms. The molecule has 0 aliphatic carbocycles. The highest BCUT2D eigenvalue weighted by molar-refractivity contribution is 5.32. The van der Waals surface area contributed by atoms with Gasteiger partial charge in [0, 0.05) is 0 Å². The maximum Gasteiger partial charge on any atom is -0.0392 e. The Kier molecular flexibility index (Phi) is 20.6. The van der Waals surface area contributed by atoms with Crippen molar-refractivity contribution in [2.75, 3.05) is 0 Å². The second-order valence-corrected chi connectivity index (χ2v) is 14.2. The van der Waals surface area contributed by atoms with E-state index in [9.17, 15) is 0 Å². The van der Waals surface area contributed by atoms with E-state index in [0.717, 1.165) is 0 Å². The fraction of sp³-hybridized carbons (Fsp3) is 0.294. The minimum atomic E-state index is 1.33. The van der Waals surface area contributed by atoms with Gasteiger partial charge in [0.2, 0.25) is 0 Å². The van der Waals surface area contributed by atoms with E-state index in [1.165, 1.54) is 83.5 Å². The van der Waals surface area contributed by atoms with Gasteiger partial charge in [0.15, 0.2) is 0 Å². The first-order chi connectivity index (χ1) is 24.0. The number of hydrogen-bond donors (Lipinski definition) is 0. The zero-order valence-electron chi connectivity index (χ0n) is 34.6. The molecule has 0 atom stereocenters. The zero-order valence-corrected chi connectivity index (χ0v) is 34.6. The second kappa shape index (κ2) is 23.7. The smallest absolute Gasteiger partial charge is 0.0392 e. The van der Waals surface area contributed by atoms with Crippen molar-refractivity contribution in [2.45, 2.75) is 104 Å². The zero-order chi connectivity index (χ0) is 38.5. The fourth-order valence-corrected chi connectivity index (χ4v) is 5.10. The van der Waals surface area contributed by atoms with Gasteiger partial charge in [-0.2, -0.15) is 0 Å². The minimum absolute atomic E-state index is 1.33. The highest BCUT2D eigenvalue weighted by Gasteiger charge is 1.92. The summed E-state index contributed by atoms with van der Waals surface area (Å²) in [6, 6.07) is 44.7. The molecule has 0 unspecified atom stereocenters. The highest BCUT2D eigenvalue weighted by Crippen LogP contribution is 2.10. The molecule has 6 aromatic rings. The molecule has 0 aromatic heterocycles. The predicted molar refractivity (Wildman–Crippen MR) is 230 cm³/mol. The molecule has 0 aliphatic rings. The highest BCUT2D eigenvalue weighted by atomic mass is 14.0. The molecule has 0 amide bonds. The Morgan fingerprint density at radius 2 is 0.490 bits per heavy atom. The lowest BCUT2D eigenvalue weighted by Crippen LogP contribution is -1.82. The van der Waals surface area contributed by atoms with E-state index in [2.05, 4.69) is 231 Å². The molecule has 6 rings (SSSR count). The van der Waals surface area contributed by atoms with E-state index in [1.807, 2.05) is 0 Å². The van der Waals surface area contributed by atoms with Gasteiger partial charge in [-0.15, -0.1) is 0 Å². The maximum atomic E-state index is 2.20. The van der Waals surface area contributed by atoms with Crippen LogP contribution in [0.1, 0.15) is 83.5 Å². The van der Waals surface area contributed by atoms with Crippen molar-refractivity contribution in [2.24, 2.45) is 0 Å². The van der Waals surface area contributed by atoms with Gasteiger partial charge in [-0.25, -0.2) is 0 Å². The fourth-order valence-electron chi connectivity index (χ4n) is 5.10. The average molecular weight is 679 g/mol. The van der Waals surface area contributed by atoms with E-state index >= 15 is 0 Å². The summed E-state index contributed by atoms with van der Waals surface area (Å²) < 4.78 is 0. The third-order valence-corrected chi connectivity index (χ3v) is 8.72. The third-order valence-electron chi connectivity index (χ3n) is 8.72. The molecule has 0 nitrogen and oxygen atoms in total. The standard InChI is InChI=1S/3C9H12.3C8H10/c1-7-4-8(2)6-9(3)5-7;1-7-4-5-8(2)9(3)6-7;1-7-5-4-6-8(2)9(7)3;1-7-3-5-8(2)6-4-7;1-7-4-3-5-8(2)6-7;1-7-5-3-4-6-8(7)2/h3*4-6H,1-3H3;3*3-6H,1-2H3. The molecule has 0 heteroatoms. The van der Waals surface area contributed by atoms with E-state index in [-0.39, 0.29) is 0 Å². The summed E-state index contributed by atoms with van der Waals surface area (Å²) in [4.78, 5) is 0. The number of rotatable bonds is 0. The lowest BCUT2D eigenvalue weighted by Gasteiger charge is -2.00. The molecular weight excluding hydrogens is 613 g/mol. The van der Waals surface area contributed by atoms with E-state index in [0.29, 0.717) is 0 Å². The summed E-state index contributed by atoms with van der Waals surface area (Å²) in [5, 5.41) is 0. The van der Waals surface area contributed by atoms with Gasteiger partial charge in [-0.1, -0.05) is 172 Å². The first-order valence-corrected chi connectivity index (χ1v) is 18.2. The first kappa shape index (κ1) is 44.3. The monoisotopic (exact) mass is 679 g/mol. The molecule has 0 radical (unpaired) electrons. The summed E-state index contributed by atoms with van der Waals surface area (Å²) in [5.74, 6) is 0. The largest absolute Gasteiger partial charge is 0.0620 e. The minimum Gasteiger partial charge on any atom is -0.0620 e. The van der Waals surface area contributed by atoms with Crippen molar-refractivity contribution >= 4 is 0 Å². The molecule has 0 spiro atoms. The molecule has 0 fully saturated rings. The summed E-state index contributed by atoms with van der Waals surface area (Å²) in [6.07, 6.45) is 0. The van der Waals surface area contributed by atoms with Gasteiger partial charge in [-0.05, 0) is 143 Å². The molecule has 51 heavy (non-hydrogen) atoms. The van der Waals surface area contributed by atoms with Crippen LogP contribution in [-0.4, -0.2) is 0 Å². The Hall–Kier alpha value is -4.68. The van der Waals surface area contributed by atoms with Crippen LogP contribution in [0.5, 0.6) is 0 Å². The first-order valence-electron chi connectivity index (χ1n) is 18.2. The quantitative estimate of drug-likeness (QED) is 0.150. The van der Waals surface area contributed by atoms with Crippen molar-refractivity contribution in [3.8, 4) is 0 Å². The molecule has 0 N–H and O–H groups in total. The Morgan fingerprint density at radius 1 is 0.196 bits per heavy atom. The second-order valence-electron chi connectivity index (χ2n) is 14.2. The summed E-state index contributed by atoms with van der Waals surface area (Å²) in [5.41, 5.74) is 20.4. The van der Waals surface area contributed by atoms with Crippen LogP contribution in [0.2, 0.25) is 0 Å². The van der Waals surface area contributed by atoms with Crippen LogP contribution < -0.4 is 0 Å². The molecule has 0 saturated heterocycles. The van der Waals surface area contributed by atoms with Crippen LogP contribution in [-0.2, 0) is 0 Å². The van der Waals surface area contributed by atoms with Crippen molar-refractivity contribution in [1.82, 2.24) is 0 Å². The number of benzene rings is 6. The Labute approximate surface area is 313 Å². The van der Waals surface area contributed by atoms with Crippen molar-refractivity contribution in [3.05, 3.63) is 211 Å². The topological polar surface area (TPSA) is 0 Å². The Balaban J connectivity index is 0.000000306. The summed E-state index contributed by atoms with van der Waals surface area (Å²) in [6.45, 7) is 31.8. The molecular formula is C51H66. The number of hydrogen-bond acceptors (Lipinski definition) is 0. The molecule has 0 heterocycles. The van der Waals surface area contributed by atoms with Crippen LogP contribution >= 0.6 is 0 Å². The Morgan fingerprint density at radius 3 is 0.784 bits per heavy atom. The van der Waals surface area contributed by atoms with Gasteiger partial charge in [0.1, 0.15) is 0 Å². The van der Waals surface area contributed by atoms with Crippen LogP contribution in [0.15, 0.2) is 127 Å². The molecule has 6 aromatic carbocycles. The van der Waals surface area contributed by atoms with Crippen LogP contribution in [0.3, 0.4) is 0 Å². The van der Waals surface area contributed by atoms with Crippen LogP contribution in [0.25, 0.3) is 0 Å². The molecule has 0 aliphatic heterocycles. The third kappa shape index (κ3) is 19.9. The predicted octanol–water partition coefficient (Wildman–Crippen LogP) is 14.7. The van der Waals surface area contributed by atoms with Crippen molar-refractivity contribution < 1.29 is 0 Å². The lowest BCUT2D eigenvalue weighted by atomic mass is 10.1. The normalized spacial score (nSPS) is 9.47. The van der Waals surface area contributed by atoms with Crippen molar-refractivity contribution in [1.29, 1.82) is 0 Å². The van der Waals surface area contributed by atoms with Gasteiger partial charge in [-0.3, -0.25) is 0 Å². The van der Waals surface area contributed by atoms with Crippen LogP contribution in [0, 0.1) is 104 Å². The number of aryl methyl sites for hydroxylation is 14. The molecule has 0 saturated carbocycles. The van der Waals surface area contributed by atoms with Crippen LogP contribution in [0.4, 0.5) is 0 Å². The van der Waals surface area contributed by atoms with E-state index < -0.39 is 0 Å². The van der Waals surface area contributed by atoms with Gasteiger partial charge in [0.05, 0.1) is 0 Å².